The van der Waals surface area contributed by atoms with Gasteiger partial charge in [-0.3, -0.25) is 0 Å². The van der Waals surface area contributed by atoms with Gasteiger partial charge in [0.25, 0.3) is 0 Å². The van der Waals surface area contributed by atoms with Gasteiger partial charge in [0.05, 0.1) is 0 Å². The smallest absolute Gasteiger partial charge is 0.192 e. The second kappa shape index (κ2) is 7.55. The maximum Gasteiger partial charge on any atom is 0.192 e. The van der Waals surface area contributed by atoms with E-state index in [1.165, 1.54) is 12.8 Å². The van der Waals surface area contributed by atoms with Crippen molar-refractivity contribution >= 4 is 8.32 Å². The van der Waals surface area contributed by atoms with Gasteiger partial charge in [-0.15, -0.1) is 0 Å². The van der Waals surface area contributed by atoms with Crippen molar-refractivity contribution in [3.05, 3.63) is 0 Å². The minimum Gasteiger partial charge on any atom is -0.414 e. The zero-order valence-electron chi connectivity index (χ0n) is 12.7. The van der Waals surface area contributed by atoms with E-state index >= 15 is 0 Å². The molecule has 0 aliphatic rings. The Morgan fingerprint density at radius 3 is 2.06 bits per heavy atom. The van der Waals surface area contributed by atoms with Crippen LogP contribution >= 0.6 is 0 Å². The van der Waals surface area contributed by atoms with Crippen LogP contribution in [0.5, 0.6) is 0 Å². The Labute approximate surface area is 109 Å². The van der Waals surface area contributed by atoms with Crippen LogP contribution in [0.15, 0.2) is 0 Å². The lowest BCUT2D eigenvalue weighted by Crippen LogP contribution is -2.43. The van der Waals surface area contributed by atoms with Crippen LogP contribution in [-0.2, 0) is 4.43 Å². The zero-order valence-corrected chi connectivity index (χ0v) is 13.7. The highest BCUT2D eigenvalue weighted by atomic mass is 28.4. The molecule has 0 saturated heterocycles. The lowest BCUT2D eigenvalue weighted by Gasteiger charge is -2.38. The fraction of sp³-hybridized carbons (Fsp3) is 1.00. The predicted molar refractivity (Wildman–Crippen MR) is 77.9 cm³/mol. The molecule has 1 N–H and O–H groups in total. The quantitative estimate of drug-likeness (QED) is 0.519. The Morgan fingerprint density at radius 1 is 1.06 bits per heavy atom. The predicted octanol–water partition coefficient (Wildman–Crippen LogP) is 4.34. The summed E-state index contributed by atoms with van der Waals surface area (Å²) in [5, 5.41) is 9.00. The summed E-state index contributed by atoms with van der Waals surface area (Å²) in [4.78, 5) is 0. The number of unbranched alkanes of at least 4 members (excludes halogenated alkanes) is 3. The van der Waals surface area contributed by atoms with Gasteiger partial charge in [0.15, 0.2) is 8.32 Å². The summed E-state index contributed by atoms with van der Waals surface area (Å²) in [6.07, 6.45) is 6.05. The topological polar surface area (TPSA) is 29.5 Å². The second-order valence-corrected chi connectivity index (χ2v) is 11.4. The van der Waals surface area contributed by atoms with Gasteiger partial charge in [-0.2, -0.15) is 0 Å². The van der Waals surface area contributed by atoms with E-state index in [9.17, 15) is 0 Å². The molecule has 0 rings (SSSR count). The summed E-state index contributed by atoms with van der Waals surface area (Å²) in [5.74, 6) is 0. The summed E-state index contributed by atoms with van der Waals surface area (Å²) in [7, 11) is -1.58. The monoisotopic (exact) mass is 260 g/mol. The van der Waals surface area contributed by atoms with Gasteiger partial charge < -0.3 is 9.53 Å². The van der Waals surface area contributed by atoms with E-state index in [0.717, 1.165) is 19.3 Å². The number of hydrogen-bond acceptors (Lipinski definition) is 2. The normalized spacial score (nSPS) is 15.0. The molecule has 1 atom stereocenters. The van der Waals surface area contributed by atoms with Crippen molar-refractivity contribution in [2.24, 2.45) is 0 Å². The van der Waals surface area contributed by atoms with E-state index < -0.39 is 8.32 Å². The summed E-state index contributed by atoms with van der Waals surface area (Å²) in [6, 6.07) is 0. The molecule has 17 heavy (non-hydrogen) atoms. The zero-order chi connectivity index (χ0) is 13.5. The SMILES string of the molecule is CC(CCCCCCO)O[Si](C)(C)C(C)(C)C. The summed E-state index contributed by atoms with van der Waals surface area (Å²) in [6.45, 7) is 14.0. The summed E-state index contributed by atoms with van der Waals surface area (Å²) >= 11 is 0. The first-order chi connectivity index (χ1) is 7.70. The van der Waals surface area contributed by atoms with Crippen LogP contribution in [0.2, 0.25) is 18.1 Å². The molecule has 0 radical (unpaired) electrons. The van der Waals surface area contributed by atoms with Gasteiger partial charge in [-0.25, -0.2) is 0 Å². The fourth-order valence-electron chi connectivity index (χ4n) is 1.64. The van der Waals surface area contributed by atoms with Gasteiger partial charge in [-0.1, -0.05) is 40.0 Å². The lowest BCUT2D eigenvalue weighted by molar-refractivity contribution is 0.184. The van der Waals surface area contributed by atoms with Gasteiger partial charge in [0.2, 0.25) is 0 Å². The molecule has 104 valence electrons. The molecule has 1 unspecified atom stereocenters. The Hall–Kier alpha value is 0.137. The van der Waals surface area contributed by atoms with Crippen molar-refractivity contribution in [1.82, 2.24) is 0 Å². The first kappa shape index (κ1) is 17.1. The molecular formula is C14H32O2Si. The highest BCUT2D eigenvalue weighted by molar-refractivity contribution is 6.74. The molecule has 0 bridgehead atoms. The molecule has 0 amide bonds. The number of rotatable bonds is 8. The maximum absolute atomic E-state index is 8.70. The molecule has 2 nitrogen and oxygen atoms in total. The van der Waals surface area contributed by atoms with Crippen molar-refractivity contribution in [2.75, 3.05) is 6.61 Å². The first-order valence-electron chi connectivity index (χ1n) is 6.99. The lowest BCUT2D eigenvalue weighted by atomic mass is 10.1. The Morgan fingerprint density at radius 2 is 1.59 bits per heavy atom. The van der Waals surface area contributed by atoms with Crippen LogP contribution in [0.4, 0.5) is 0 Å². The average Bonchev–Trinajstić information content (AvgIpc) is 2.14. The largest absolute Gasteiger partial charge is 0.414 e. The van der Waals surface area contributed by atoms with Gasteiger partial charge >= 0.3 is 0 Å². The molecule has 0 fully saturated rings. The van der Waals surface area contributed by atoms with Crippen LogP contribution in [0.1, 0.15) is 59.8 Å². The molecular weight excluding hydrogens is 228 g/mol. The third kappa shape index (κ3) is 7.22. The molecule has 0 aromatic rings. The van der Waals surface area contributed by atoms with Crippen molar-refractivity contribution < 1.29 is 9.53 Å². The molecule has 0 aliphatic heterocycles. The molecule has 0 heterocycles. The highest BCUT2D eigenvalue weighted by Crippen LogP contribution is 2.37. The van der Waals surface area contributed by atoms with Gasteiger partial charge in [-0.05, 0) is 37.9 Å². The molecule has 3 heteroatoms. The van der Waals surface area contributed by atoms with Crippen LogP contribution in [0.3, 0.4) is 0 Å². The fourth-order valence-corrected chi connectivity index (χ4v) is 3.11. The van der Waals surface area contributed by atoms with E-state index in [4.69, 9.17) is 9.53 Å². The number of hydrogen-bond donors (Lipinski definition) is 1. The van der Waals surface area contributed by atoms with E-state index in [1.54, 1.807) is 0 Å². The number of aliphatic hydroxyl groups excluding tert-OH is 1. The first-order valence-corrected chi connectivity index (χ1v) is 9.90. The van der Waals surface area contributed by atoms with E-state index in [2.05, 4.69) is 40.8 Å². The second-order valence-electron chi connectivity index (χ2n) is 6.62. The van der Waals surface area contributed by atoms with Crippen LogP contribution in [0, 0.1) is 0 Å². The van der Waals surface area contributed by atoms with E-state index in [0.29, 0.717) is 17.7 Å². The molecule has 0 aromatic heterocycles. The van der Waals surface area contributed by atoms with Crippen molar-refractivity contribution in [2.45, 2.75) is 84.0 Å². The van der Waals surface area contributed by atoms with Gasteiger partial charge in [0, 0.05) is 12.7 Å². The Balaban J connectivity index is 3.82. The standard InChI is InChI=1S/C14H32O2Si/c1-13(11-9-7-8-10-12-15)16-17(5,6)14(2,3)4/h13,15H,7-12H2,1-6H3. The minimum absolute atomic E-state index is 0.304. The third-order valence-corrected chi connectivity index (χ3v) is 8.42. The Bertz CT molecular complexity index is 197. The van der Waals surface area contributed by atoms with E-state index in [-0.39, 0.29) is 0 Å². The molecule has 0 saturated carbocycles. The minimum atomic E-state index is -1.58. The van der Waals surface area contributed by atoms with Crippen molar-refractivity contribution in [1.29, 1.82) is 0 Å². The van der Waals surface area contributed by atoms with Gasteiger partial charge in [0.1, 0.15) is 0 Å². The molecule has 0 aliphatic carbocycles. The average molecular weight is 260 g/mol. The van der Waals surface area contributed by atoms with Crippen LogP contribution in [0.25, 0.3) is 0 Å². The molecule has 0 spiro atoms. The summed E-state index contributed by atoms with van der Waals surface area (Å²) < 4.78 is 6.30. The summed E-state index contributed by atoms with van der Waals surface area (Å²) in [5.41, 5.74) is 0. The molecule has 0 aromatic carbocycles. The van der Waals surface area contributed by atoms with Crippen molar-refractivity contribution in [3.8, 4) is 0 Å². The van der Waals surface area contributed by atoms with E-state index in [1.807, 2.05) is 0 Å². The maximum atomic E-state index is 8.70. The Kier molecular flexibility index (Phi) is 7.61. The number of aliphatic hydroxyl groups is 1. The third-order valence-electron chi connectivity index (χ3n) is 3.82. The van der Waals surface area contributed by atoms with Crippen molar-refractivity contribution in [3.63, 3.8) is 0 Å². The van der Waals surface area contributed by atoms with Crippen LogP contribution in [-0.4, -0.2) is 26.1 Å². The highest BCUT2D eigenvalue weighted by Gasteiger charge is 2.38. The van der Waals surface area contributed by atoms with Crippen LogP contribution < -0.4 is 0 Å².